The van der Waals surface area contributed by atoms with E-state index in [9.17, 15) is 0 Å². The Hall–Kier alpha value is -0.880. The van der Waals surface area contributed by atoms with Crippen LogP contribution in [0.1, 0.15) is 19.3 Å². The minimum Gasteiger partial charge on any atom is -0.372 e. The highest BCUT2D eigenvalue weighted by molar-refractivity contribution is 9.10. The largest absolute Gasteiger partial charge is 0.372 e. The number of anilines is 2. The number of hydrogen-bond donors (Lipinski definition) is 1. The summed E-state index contributed by atoms with van der Waals surface area (Å²) in [5.41, 5.74) is 0. The molecule has 6 heteroatoms. The van der Waals surface area contributed by atoms with Crippen molar-refractivity contribution >= 4 is 27.6 Å². The second-order valence-electron chi connectivity index (χ2n) is 5.24. The second-order valence-corrected chi connectivity index (χ2v) is 6.03. The van der Waals surface area contributed by atoms with Crippen molar-refractivity contribution in [3.63, 3.8) is 0 Å². The average molecular weight is 326 g/mol. The standard InChI is InChI=1S/C13H20BrN5/c1-15-12-11(14)13(17-9-16-12)19-7-6-18-5-3-2-4-10(18)8-19/h9-10H,2-8H2,1H3,(H,15,16,17). The van der Waals surface area contributed by atoms with Crippen LogP contribution in [0.3, 0.4) is 0 Å². The lowest BCUT2D eigenvalue weighted by molar-refractivity contribution is 0.133. The molecule has 1 N–H and O–H groups in total. The Kier molecular flexibility index (Phi) is 3.88. The Morgan fingerprint density at radius 1 is 1.26 bits per heavy atom. The number of rotatable bonds is 2. The Morgan fingerprint density at radius 2 is 2.16 bits per heavy atom. The Balaban J connectivity index is 1.79. The highest BCUT2D eigenvalue weighted by Gasteiger charge is 2.30. The van der Waals surface area contributed by atoms with Gasteiger partial charge in [-0.2, -0.15) is 0 Å². The quantitative estimate of drug-likeness (QED) is 0.900. The number of fused-ring (bicyclic) bond motifs is 1. The summed E-state index contributed by atoms with van der Waals surface area (Å²) in [5.74, 6) is 1.88. The van der Waals surface area contributed by atoms with Gasteiger partial charge < -0.3 is 10.2 Å². The molecule has 3 rings (SSSR count). The number of halogens is 1. The zero-order valence-electron chi connectivity index (χ0n) is 11.3. The maximum absolute atomic E-state index is 4.46. The van der Waals surface area contributed by atoms with Crippen LogP contribution >= 0.6 is 15.9 Å². The van der Waals surface area contributed by atoms with Gasteiger partial charge in [-0.25, -0.2) is 9.97 Å². The third-order valence-corrected chi connectivity index (χ3v) is 4.87. The van der Waals surface area contributed by atoms with Gasteiger partial charge in [0.05, 0.1) is 0 Å². The number of piperidine rings is 1. The van der Waals surface area contributed by atoms with Crippen molar-refractivity contribution in [1.82, 2.24) is 14.9 Å². The van der Waals surface area contributed by atoms with Crippen molar-refractivity contribution in [2.75, 3.05) is 43.4 Å². The van der Waals surface area contributed by atoms with E-state index in [1.165, 1.54) is 25.8 Å². The summed E-state index contributed by atoms with van der Waals surface area (Å²) >= 11 is 3.62. The van der Waals surface area contributed by atoms with Gasteiger partial charge in [0.1, 0.15) is 22.4 Å². The zero-order chi connectivity index (χ0) is 13.2. The molecule has 1 aromatic rings. The summed E-state index contributed by atoms with van der Waals surface area (Å²) in [7, 11) is 1.88. The lowest BCUT2D eigenvalue weighted by Gasteiger charge is -2.44. The highest BCUT2D eigenvalue weighted by atomic mass is 79.9. The molecule has 104 valence electrons. The SMILES string of the molecule is CNc1ncnc(N2CCN3CCCCC3C2)c1Br. The fourth-order valence-corrected chi connectivity index (χ4v) is 3.76. The summed E-state index contributed by atoms with van der Waals surface area (Å²) in [5, 5.41) is 3.10. The molecule has 3 heterocycles. The molecule has 1 aromatic heterocycles. The summed E-state index contributed by atoms with van der Waals surface area (Å²) in [6.45, 7) is 4.55. The van der Waals surface area contributed by atoms with E-state index in [2.05, 4.69) is 41.0 Å². The van der Waals surface area contributed by atoms with Crippen LogP contribution in [0.2, 0.25) is 0 Å². The van der Waals surface area contributed by atoms with Crippen LogP contribution in [0.5, 0.6) is 0 Å². The van der Waals surface area contributed by atoms with Crippen molar-refractivity contribution in [2.24, 2.45) is 0 Å². The molecule has 5 nitrogen and oxygen atoms in total. The molecule has 1 unspecified atom stereocenters. The fourth-order valence-electron chi connectivity index (χ4n) is 3.10. The van der Waals surface area contributed by atoms with Gasteiger partial charge in [-0.1, -0.05) is 6.42 Å². The van der Waals surface area contributed by atoms with E-state index in [0.717, 1.165) is 35.7 Å². The molecule has 0 radical (unpaired) electrons. The van der Waals surface area contributed by atoms with Gasteiger partial charge in [0.2, 0.25) is 0 Å². The van der Waals surface area contributed by atoms with E-state index in [0.29, 0.717) is 6.04 Å². The number of piperazine rings is 1. The van der Waals surface area contributed by atoms with Crippen LogP contribution in [0.15, 0.2) is 10.8 Å². The second kappa shape index (κ2) is 5.63. The Bertz CT molecular complexity index is 453. The summed E-state index contributed by atoms with van der Waals surface area (Å²) < 4.78 is 0.974. The number of aromatic nitrogens is 2. The van der Waals surface area contributed by atoms with Gasteiger partial charge in [-0.15, -0.1) is 0 Å². The molecule has 19 heavy (non-hydrogen) atoms. The first-order valence-corrected chi connectivity index (χ1v) is 7.76. The van der Waals surface area contributed by atoms with Crippen LogP contribution in [0.4, 0.5) is 11.6 Å². The smallest absolute Gasteiger partial charge is 0.148 e. The van der Waals surface area contributed by atoms with Crippen LogP contribution in [0, 0.1) is 0 Å². The molecule has 0 aromatic carbocycles. The molecular weight excluding hydrogens is 306 g/mol. The molecule has 2 fully saturated rings. The summed E-state index contributed by atoms with van der Waals surface area (Å²) in [6, 6.07) is 0.697. The third kappa shape index (κ3) is 2.56. The first kappa shape index (κ1) is 13.1. The van der Waals surface area contributed by atoms with Crippen LogP contribution in [-0.4, -0.2) is 54.1 Å². The van der Waals surface area contributed by atoms with Crippen molar-refractivity contribution < 1.29 is 0 Å². The molecule has 2 aliphatic rings. The lowest BCUT2D eigenvalue weighted by atomic mass is 9.99. The number of nitrogens with one attached hydrogen (secondary N) is 1. The minimum atomic E-state index is 0.697. The van der Waals surface area contributed by atoms with Gasteiger partial charge in [0.25, 0.3) is 0 Å². The predicted octanol–water partition coefficient (Wildman–Crippen LogP) is 1.96. The first-order valence-electron chi connectivity index (χ1n) is 6.97. The molecule has 0 bridgehead atoms. The zero-order valence-corrected chi connectivity index (χ0v) is 12.9. The van der Waals surface area contributed by atoms with Crippen LogP contribution in [0.25, 0.3) is 0 Å². The highest BCUT2D eigenvalue weighted by Crippen LogP contribution is 2.31. The molecule has 2 aliphatic heterocycles. The molecule has 0 saturated carbocycles. The molecular formula is C13H20BrN5. The third-order valence-electron chi connectivity index (χ3n) is 4.14. The van der Waals surface area contributed by atoms with E-state index in [4.69, 9.17) is 0 Å². The van der Waals surface area contributed by atoms with Crippen molar-refractivity contribution in [3.8, 4) is 0 Å². The molecule has 2 saturated heterocycles. The monoisotopic (exact) mass is 325 g/mol. The topological polar surface area (TPSA) is 44.3 Å². The number of hydrogen-bond acceptors (Lipinski definition) is 5. The van der Waals surface area contributed by atoms with Crippen molar-refractivity contribution in [2.45, 2.75) is 25.3 Å². The minimum absolute atomic E-state index is 0.697. The summed E-state index contributed by atoms with van der Waals surface area (Å²) in [6.07, 6.45) is 5.68. The summed E-state index contributed by atoms with van der Waals surface area (Å²) in [4.78, 5) is 13.7. The molecule has 0 amide bonds. The predicted molar refractivity (Wildman–Crippen MR) is 80.7 cm³/mol. The van der Waals surface area contributed by atoms with Crippen LogP contribution in [-0.2, 0) is 0 Å². The van der Waals surface area contributed by atoms with E-state index >= 15 is 0 Å². The molecule has 1 atom stereocenters. The first-order chi connectivity index (χ1) is 9.29. The Labute approximate surface area is 122 Å². The van der Waals surface area contributed by atoms with E-state index < -0.39 is 0 Å². The van der Waals surface area contributed by atoms with E-state index in [-0.39, 0.29) is 0 Å². The van der Waals surface area contributed by atoms with Crippen molar-refractivity contribution in [3.05, 3.63) is 10.8 Å². The van der Waals surface area contributed by atoms with Gasteiger partial charge in [-0.05, 0) is 35.3 Å². The fraction of sp³-hybridized carbons (Fsp3) is 0.692. The van der Waals surface area contributed by atoms with Gasteiger partial charge in [0.15, 0.2) is 0 Å². The normalized spacial score (nSPS) is 24.1. The van der Waals surface area contributed by atoms with E-state index in [1.54, 1.807) is 6.33 Å². The van der Waals surface area contributed by atoms with E-state index in [1.807, 2.05) is 7.05 Å². The van der Waals surface area contributed by atoms with Gasteiger partial charge >= 0.3 is 0 Å². The lowest BCUT2D eigenvalue weighted by Crippen LogP contribution is -2.55. The Morgan fingerprint density at radius 3 is 3.00 bits per heavy atom. The molecule has 0 aliphatic carbocycles. The van der Waals surface area contributed by atoms with Crippen LogP contribution < -0.4 is 10.2 Å². The maximum atomic E-state index is 4.46. The van der Waals surface area contributed by atoms with Gasteiger partial charge in [0, 0.05) is 32.7 Å². The molecule has 0 spiro atoms. The van der Waals surface area contributed by atoms with Gasteiger partial charge in [-0.3, -0.25) is 4.90 Å². The average Bonchev–Trinajstić information content (AvgIpc) is 2.47. The number of nitrogens with zero attached hydrogens (tertiary/aromatic N) is 4. The maximum Gasteiger partial charge on any atom is 0.148 e. The van der Waals surface area contributed by atoms with Crippen molar-refractivity contribution in [1.29, 1.82) is 0 Å².